The molecule has 0 unspecified atom stereocenters. The maximum atomic E-state index is 12.1. The topological polar surface area (TPSA) is 63.7 Å². The lowest BCUT2D eigenvalue weighted by molar-refractivity contribution is -0.141. The number of carbonyl (C=O) groups excluding carboxylic acids is 1. The summed E-state index contributed by atoms with van der Waals surface area (Å²) in [5.41, 5.74) is 0.474. The molecule has 0 fully saturated rings. The average molecular weight is 397 g/mol. The molecule has 0 bridgehead atoms. The monoisotopic (exact) mass is 397 g/mol. The minimum absolute atomic E-state index is 0.0715. The largest absolute Gasteiger partial charge is 0.465 e. The molecule has 0 radical (unpaired) electrons. The van der Waals surface area contributed by atoms with Crippen LogP contribution in [0.15, 0.2) is 24.3 Å². The Labute approximate surface area is 127 Å². The van der Waals surface area contributed by atoms with Gasteiger partial charge in [0.25, 0.3) is 0 Å². The van der Waals surface area contributed by atoms with Gasteiger partial charge in [-0.25, -0.2) is 8.42 Å². The molecule has 0 atom stereocenters. The fourth-order valence-corrected chi connectivity index (χ4v) is 3.04. The van der Waals surface area contributed by atoms with Gasteiger partial charge in [0, 0.05) is 3.57 Å². The van der Waals surface area contributed by atoms with Crippen molar-refractivity contribution in [2.45, 2.75) is 13.8 Å². The Kier molecular flexibility index (Phi) is 6.05. The van der Waals surface area contributed by atoms with Crippen molar-refractivity contribution < 1.29 is 17.9 Å². The Bertz CT molecular complexity index is 544. The highest BCUT2D eigenvalue weighted by atomic mass is 127. The Morgan fingerprint density at radius 2 is 2.05 bits per heavy atom. The van der Waals surface area contributed by atoms with Gasteiger partial charge >= 0.3 is 5.97 Å². The highest BCUT2D eigenvalue weighted by molar-refractivity contribution is 14.1. The zero-order valence-electron chi connectivity index (χ0n) is 10.8. The second kappa shape index (κ2) is 7.09. The molecule has 0 spiro atoms. The highest BCUT2D eigenvalue weighted by Crippen LogP contribution is 2.20. The van der Waals surface area contributed by atoms with Gasteiger partial charge in [-0.1, -0.05) is 6.07 Å². The van der Waals surface area contributed by atoms with E-state index in [9.17, 15) is 13.2 Å². The van der Waals surface area contributed by atoms with Crippen LogP contribution in [0.4, 0.5) is 5.69 Å². The zero-order chi connectivity index (χ0) is 14.5. The summed E-state index contributed by atoms with van der Waals surface area (Å²) < 4.78 is 30.9. The van der Waals surface area contributed by atoms with E-state index in [-0.39, 0.29) is 18.9 Å². The highest BCUT2D eigenvalue weighted by Gasteiger charge is 2.24. The van der Waals surface area contributed by atoms with E-state index in [2.05, 4.69) is 22.6 Å². The van der Waals surface area contributed by atoms with E-state index in [4.69, 9.17) is 4.74 Å². The molecule has 0 aliphatic carbocycles. The van der Waals surface area contributed by atoms with Crippen LogP contribution in [0.5, 0.6) is 0 Å². The number of hydrogen-bond donors (Lipinski definition) is 0. The molecule has 0 aliphatic rings. The lowest BCUT2D eigenvalue weighted by atomic mass is 10.3. The fraction of sp³-hybridized carbons (Fsp3) is 0.417. The molecule has 0 saturated heterocycles. The number of ether oxygens (including phenoxy) is 1. The average Bonchev–Trinajstić information content (AvgIpc) is 2.36. The summed E-state index contributed by atoms with van der Waals surface area (Å²) in [5.74, 6) is -0.629. The maximum absolute atomic E-state index is 12.1. The van der Waals surface area contributed by atoms with Crippen LogP contribution in [-0.2, 0) is 19.6 Å². The third-order valence-electron chi connectivity index (χ3n) is 2.37. The van der Waals surface area contributed by atoms with Crippen LogP contribution >= 0.6 is 22.6 Å². The molecule has 5 nitrogen and oxygen atoms in total. The van der Waals surface area contributed by atoms with Crippen molar-refractivity contribution in [1.29, 1.82) is 0 Å². The van der Waals surface area contributed by atoms with Gasteiger partial charge in [-0.3, -0.25) is 9.10 Å². The van der Waals surface area contributed by atoms with Gasteiger partial charge in [-0.05, 0) is 54.6 Å². The molecule has 7 heteroatoms. The van der Waals surface area contributed by atoms with Crippen LogP contribution in [0, 0.1) is 3.57 Å². The molecule has 1 aromatic carbocycles. The number of sulfonamides is 1. The molecule has 0 heterocycles. The summed E-state index contributed by atoms with van der Waals surface area (Å²) >= 11 is 2.09. The van der Waals surface area contributed by atoms with Crippen molar-refractivity contribution in [2.75, 3.05) is 23.2 Å². The first-order chi connectivity index (χ1) is 8.90. The van der Waals surface area contributed by atoms with Gasteiger partial charge < -0.3 is 4.74 Å². The second-order valence-corrected chi connectivity index (χ2v) is 7.12. The smallest absolute Gasteiger partial charge is 0.326 e. The van der Waals surface area contributed by atoms with Crippen LogP contribution in [-0.4, -0.2) is 33.3 Å². The lowest BCUT2D eigenvalue weighted by Gasteiger charge is -2.22. The number of benzene rings is 1. The summed E-state index contributed by atoms with van der Waals surface area (Å²) in [4.78, 5) is 11.5. The zero-order valence-corrected chi connectivity index (χ0v) is 13.8. The summed E-state index contributed by atoms with van der Waals surface area (Å²) in [6, 6.07) is 6.98. The van der Waals surface area contributed by atoms with Crippen molar-refractivity contribution in [3.63, 3.8) is 0 Å². The van der Waals surface area contributed by atoms with Crippen LogP contribution in [0.1, 0.15) is 13.8 Å². The van der Waals surface area contributed by atoms with E-state index in [1.54, 1.807) is 32.0 Å². The van der Waals surface area contributed by atoms with Gasteiger partial charge in [0.2, 0.25) is 10.0 Å². The van der Waals surface area contributed by atoms with Crippen molar-refractivity contribution in [3.8, 4) is 0 Å². The molecular formula is C12H16INO4S. The van der Waals surface area contributed by atoms with E-state index in [1.165, 1.54) is 0 Å². The molecule has 1 aromatic rings. The van der Waals surface area contributed by atoms with Crippen LogP contribution in [0.3, 0.4) is 0 Å². The SMILES string of the molecule is CCOC(=O)CN(c1cccc(I)c1)S(=O)(=O)CC. The van der Waals surface area contributed by atoms with Gasteiger partial charge in [0.1, 0.15) is 6.54 Å². The van der Waals surface area contributed by atoms with Gasteiger partial charge in [0.15, 0.2) is 0 Å². The number of carbonyl (C=O) groups is 1. The van der Waals surface area contributed by atoms with Crippen LogP contribution in [0.2, 0.25) is 0 Å². The normalized spacial score (nSPS) is 11.1. The van der Waals surface area contributed by atoms with Crippen molar-refractivity contribution in [3.05, 3.63) is 27.8 Å². The van der Waals surface area contributed by atoms with Crippen molar-refractivity contribution in [2.24, 2.45) is 0 Å². The van der Waals surface area contributed by atoms with Gasteiger partial charge in [0.05, 0.1) is 18.0 Å². The third kappa shape index (κ3) is 4.64. The predicted molar refractivity (Wildman–Crippen MR) is 82.6 cm³/mol. The Morgan fingerprint density at radius 3 is 2.58 bits per heavy atom. The van der Waals surface area contributed by atoms with Gasteiger partial charge in [-0.2, -0.15) is 0 Å². The van der Waals surface area contributed by atoms with Crippen molar-refractivity contribution >= 4 is 44.3 Å². The van der Waals surface area contributed by atoms with E-state index < -0.39 is 16.0 Å². The maximum Gasteiger partial charge on any atom is 0.326 e. The molecule has 0 amide bonds. The molecule has 0 saturated carbocycles. The summed E-state index contributed by atoms with van der Waals surface area (Å²) in [6.07, 6.45) is 0. The standard InChI is InChI=1S/C12H16INO4S/c1-3-18-12(15)9-14(19(16,17)4-2)11-7-5-6-10(13)8-11/h5-8H,3-4,9H2,1-2H3. The molecule has 0 aliphatic heterocycles. The summed E-state index contributed by atoms with van der Waals surface area (Å²) in [7, 11) is -3.51. The number of hydrogen-bond acceptors (Lipinski definition) is 4. The fourth-order valence-electron chi connectivity index (χ4n) is 1.46. The third-order valence-corrected chi connectivity index (χ3v) is 4.79. The first-order valence-electron chi connectivity index (χ1n) is 5.82. The minimum Gasteiger partial charge on any atom is -0.465 e. The van der Waals surface area contributed by atoms with Crippen LogP contribution < -0.4 is 4.31 Å². The van der Waals surface area contributed by atoms with Crippen LogP contribution in [0.25, 0.3) is 0 Å². The quantitative estimate of drug-likeness (QED) is 0.544. The molecule has 106 valence electrons. The van der Waals surface area contributed by atoms with Crippen molar-refractivity contribution in [1.82, 2.24) is 0 Å². The van der Waals surface area contributed by atoms with E-state index in [0.29, 0.717) is 5.69 Å². The lowest BCUT2D eigenvalue weighted by Crippen LogP contribution is -2.37. The minimum atomic E-state index is -3.51. The Morgan fingerprint density at radius 1 is 1.37 bits per heavy atom. The number of esters is 1. The van der Waals surface area contributed by atoms with E-state index >= 15 is 0 Å². The number of rotatable bonds is 6. The first kappa shape index (κ1) is 16.2. The molecule has 0 aromatic heterocycles. The second-order valence-electron chi connectivity index (χ2n) is 3.69. The number of anilines is 1. The Balaban J connectivity index is 3.10. The molecule has 1 rings (SSSR count). The van der Waals surface area contributed by atoms with Gasteiger partial charge in [-0.15, -0.1) is 0 Å². The van der Waals surface area contributed by atoms with E-state index in [0.717, 1.165) is 7.88 Å². The summed E-state index contributed by atoms with van der Waals surface area (Å²) in [6.45, 7) is 3.15. The predicted octanol–water partition coefficient (Wildman–Crippen LogP) is 2.01. The summed E-state index contributed by atoms with van der Waals surface area (Å²) in [5, 5.41) is 0. The molecule has 0 N–H and O–H groups in total. The number of halogens is 1. The first-order valence-corrected chi connectivity index (χ1v) is 8.51. The molecule has 19 heavy (non-hydrogen) atoms. The van der Waals surface area contributed by atoms with E-state index in [1.807, 2.05) is 6.07 Å². The molecular weight excluding hydrogens is 381 g/mol. The number of nitrogens with zero attached hydrogens (tertiary/aromatic N) is 1. The Hall–Kier alpha value is -0.830.